The maximum Gasteiger partial charge on any atom is 0.244 e. The van der Waals surface area contributed by atoms with E-state index in [0.29, 0.717) is 43.2 Å². The van der Waals surface area contributed by atoms with Crippen LogP contribution in [0.2, 0.25) is 0 Å². The van der Waals surface area contributed by atoms with Gasteiger partial charge in [-0.2, -0.15) is 0 Å². The lowest BCUT2D eigenvalue weighted by molar-refractivity contribution is -0.134. The van der Waals surface area contributed by atoms with Crippen molar-refractivity contribution in [1.82, 2.24) is 16.0 Å². The first-order valence-corrected chi connectivity index (χ1v) is 21.2. The predicted molar refractivity (Wildman–Crippen MR) is 218 cm³/mol. The molecule has 2 aromatic carbocycles. The first kappa shape index (κ1) is 43.2. The van der Waals surface area contributed by atoms with Gasteiger partial charge in [0.1, 0.15) is 6.04 Å². The zero-order chi connectivity index (χ0) is 40.6. The number of hydrogen-bond acceptors (Lipinski definition) is 7. The average Bonchev–Trinajstić information content (AvgIpc) is 3.22. The monoisotopic (exact) mass is 780 g/mol. The highest BCUT2D eigenvalue weighted by molar-refractivity contribution is 6.09. The second-order valence-electron chi connectivity index (χ2n) is 16.4. The van der Waals surface area contributed by atoms with E-state index in [2.05, 4.69) is 16.0 Å². The summed E-state index contributed by atoms with van der Waals surface area (Å²) in [6.07, 6.45) is 15.5. The quantitative estimate of drug-likeness (QED) is 0.225. The highest BCUT2D eigenvalue weighted by atomic mass is 16.2. The molecule has 0 bridgehead atoms. The van der Waals surface area contributed by atoms with Crippen LogP contribution in [0.3, 0.4) is 0 Å². The fourth-order valence-electron chi connectivity index (χ4n) is 8.71. The highest BCUT2D eigenvalue weighted by Crippen LogP contribution is 2.32. The molecule has 4 atom stereocenters. The van der Waals surface area contributed by atoms with Crippen LogP contribution in [0.4, 0.5) is 0 Å². The summed E-state index contributed by atoms with van der Waals surface area (Å²) in [5.41, 5.74) is 7.43. The molecule has 11 heteroatoms. The Morgan fingerprint density at radius 2 is 1.14 bits per heavy atom. The largest absolute Gasteiger partial charge is 0.368 e. The lowest BCUT2D eigenvalue weighted by Gasteiger charge is -2.30. The van der Waals surface area contributed by atoms with E-state index in [0.717, 1.165) is 81.9 Å². The van der Waals surface area contributed by atoms with Crippen LogP contribution in [-0.4, -0.2) is 59.1 Å². The van der Waals surface area contributed by atoms with E-state index < -0.39 is 41.8 Å². The van der Waals surface area contributed by atoms with Crippen LogP contribution in [0.15, 0.2) is 66.7 Å². The molecule has 5 rings (SSSR count). The molecule has 1 aliphatic heterocycles. The SMILES string of the molecule is NC(=O)[C@H]1CCCCCC(=O)C(Cc2ccc(C(=O)c3ccccc3)cc2)NC(=O)[C@H](CC2CCCCC2)CC(=O)[C@H](CC2CCCCC2)NC(=O)/C=C\C(=O)N1. The fraction of sp³-hybridized carbons (Fsp3) is 0.543. The minimum atomic E-state index is -0.961. The minimum absolute atomic E-state index is 0.0816. The van der Waals surface area contributed by atoms with Gasteiger partial charge >= 0.3 is 0 Å². The van der Waals surface area contributed by atoms with Gasteiger partial charge in [0.2, 0.25) is 23.6 Å². The summed E-state index contributed by atoms with van der Waals surface area (Å²) < 4.78 is 0. The van der Waals surface area contributed by atoms with Crippen molar-refractivity contribution in [1.29, 1.82) is 0 Å². The molecular formula is C46H60N4O7. The lowest BCUT2D eigenvalue weighted by Crippen LogP contribution is -2.47. The van der Waals surface area contributed by atoms with E-state index in [4.69, 9.17) is 5.73 Å². The number of primary amides is 1. The zero-order valence-corrected chi connectivity index (χ0v) is 33.2. The summed E-state index contributed by atoms with van der Waals surface area (Å²) in [4.78, 5) is 93.8. The molecule has 0 saturated heterocycles. The molecule has 306 valence electrons. The van der Waals surface area contributed by atoms with Gasteiger partial charge in [0.05, 0.1) is 12.1 Å². The molecule has 0 radical (unpaired) electrons. The van der Waals surface area contributed by atoms with Crippen LogP contribution in [0, 0.1) is 17.8 Å². The van der Waals surface area contributed by atoms with Gasteiger partial charge in [-0.05, 0) is 49.5 Å². The second-order valence-corrected chi connectivity index (χ2v) is 16.4. The van der Waals surface area contributed by atoms with E-state index >= 15 is 0 Å². The van der Waals surface area contributed by atoms with Gasteiger partial charge in [-0.25, -0.2) is 0 Å². The summed E-state index contributed by atoms with van der Waals surface area (Å²) in [7, 11) is 0. The van der Waals surface area contributed by atoms with Crippen LogP contribution < -0.4 is 21.7 Å². The Labute approximate surface area is 336 Å². The number of hydrogen-bond donors (Lipinski definition) is 4. The van der Waals surface area contributed by atoms with Gasteiger partial charge in [-0.3, -0.25) is 33.6 Å². The van der Waals surface area contributed by atoms with Gasteiger partial charge in [0.15, 0.2) is 17.3 Å². The van der Waals surface area contributed by atoms with Gasteiger partial charge in [0.25, 0.3) is 0 Å². The summed E-state index contributed by atoms with van der Waals surface area (Å²) in [6, 6.07) is 13.4. The smallest absolute Gasteiger partial charge is 0.244 e. The third-order valence-corrected chi connectivity index (χ3v) is 12.0. The molecule has 1 unspecified atom stereocenters. The lowest BCUT2D eigenvalue weighted by atomic mass is 9.79. The Morgan fingerprint density at radius 3 is 1.77 bits per heavy atom. The molecule has 3 aliphatic rings. The first-order chi connectivity index (χ1) is 27.5. The number of rotatable bonds is 9. The van der Waals surface area contributed by atoms with Crippen molar-refractivity contribution in [3.63, 3.8) is 0 Å². The molecular weight excluding hydrogens is 721 g/mol. The van der Waals surface area contributed by atoms with Crippen LogP contribution >= 0.6 is 0 Å². The second kappa shape index (κ2) is 22.1. The van der Waals surface area contributed by atoms with Gasteiger partial charge in [-0.15, -0.1) is 0 Å². The van der Waals surface area contributed by atoms with Crippen molar-refractivity contribution in [3.05, 3.63) is 83.4 Å². The van der Waals surface area contributed by atoms with Crippen LogP contribution in [0.1, 0.15) is 137 Å². The Balaban J connectivity index is 1.41. The van der Waals surface area contributed by atoms with Crippen molar-refractivity contribution in [2.45, 2.75) is 140 Å². The normalized spacial score (nSPS) is 25.1. The van der Waals surface area contributed by atoms with Gasteiger partial charge in [-0.1, -0.05) is 132 Å². The molecule has 57 heavy (non-hydrogen) atoms. The molecule has 0 aromatic heterocycles. The van der Waals surface area contributed by atoms with Gasteiger partial charge < -0.3 is 21.7 Å². The molecule has 2 fully saturated rings. The Hall–Kier alpha value is -4.93. The Bertz CT molecular complexity index is 1730. The summed E-state index contributed by atoms with van der Waals surface area (Å²) in [6.45, 7) is 0. The molecule has 4 amide bonds. The topological polar surface area (TPSA) is 182 Å². The van der Waals surface area contributed by atoms with E-state index in [-0.39, 0.29) is 60.8 Å². The number of amides is 4. The maximum atomic E-state index is 14.4. The molecule has 2 aromatic rings. The standard InChI is InChI=1S/C46H60N4O7/c47-45(56)37-19-11-4-12-20-40(51)38(29-33-21-23-35(24-22-33)44(55)34-17-9-3-10-18-34)50-46(57)36(27-31-13-5-1-6-14-31)30-41(52)39(28-32-15-7-2-8-16-32)49-43(54)26-25-42(53)48-37/h3,9-10,17-18,21-26,31-32,36-39H,1-2,4-8,11-16,19-20,27-30H2,(H2,47,56)(H,48,53)(H,49,54)(H,50,57)/b26-25-/t36-,37-,38?,39+/m1/s1. The summed E-state index contributed by atoms with van der Waals surface area (Å²) >= 11 is 0. The molecule has 0 spiro atoms. The number of Topliss-reactive ketones (excluding diaryl/α,β-unsaturated/α-hetero) is 2. The Morgan fingerprint density at radius 1 is 0.579 bits per heavy atom. The third kappa shape index (κ3) is 13.9. The van der Waals surface area contributed by atoms with Crippen molar-refractivity contribution in [3.8, 4) is 0 Å². The molecule has 2 saturated carbocycles. The molecule has 11 nitrogen and oxygen atoms in total. The first-order valence-electron chi connectivity index (χ1n) is 21.2. The third-order valence-electron chi connectivity index (χ3n) is 12.0. The van der Waals surface area contributed by atoms with E-state index in [9.17, 15) is 33.6 Å². The summed E-state index contributed by atoms with van der Waals surface area (Å²) in [5, 5.41) is 8.50. The number of nitrogens with one attached hydrogen (secondary N) is 3. The zero-order valence-electron chi connectivity index (χ0n) is 33.2. The minimum Gasteiger partial charge on any atom is -0.368 e. The number of carbonyl (C=O) groups is 7. The van der Waals surface area contributed by atoms with Crippen LogP contribution in [0.25, 0.3) is 0 Å². The van der Waals surface area contributed by atoms with E-state index in [1.807, 2.05) is 18.2 Å². The van der Waals surface area contributed by atoms with Crippen molar-refractivity contribution < 1.29 is 33.6 Å². The average molecular weight is 781 g/mol. The van der Waals surface area contributed by atoms with Gasteiger partial charge in [0, 0.05) is 42.0 Å². The molecule has 1 heterocycles. The van der Waals surface area contributed by atoms with Crippen molar-refractivity contribution in [2.24, 2.45) is 23.5 Å². The van der Waals surface area contributed by atoms with Crippen molar-refractivity contribution in [2.75, 3.05) is 0 Å². The predicted octanol–water partition coefficient (Wildman–Crippen LogP) is 6.01. The highest BCUT2D eigenvalue weighted by Gasteiger charge is 2.33. The van der Waals surface area contributed by atoms with Crippen LogP contribution in [0.5, 0.6) is 0 Å². The molecule has 2 aliphatic carbocycles. The van der Waals surface area contributed by atoms with E-state index in [1.54, 1.807) is 36.4 Å². The van der Waals surface area contributed by atoms with Crippen LogP contribution in [-0.2, 0) is 35.2 Å². The summed E-state index contributed by atoms with van der Waals surface area (Å²) in [5.74, 6) is -3.01. The Kier molecular flexibility index (Phi) is 16.8. The number of nitrogens with two attached hydrogens (primary N) is 1. The number of benzene rings is 2. The molecule has 5 N–H and O–H groups in total. The maximum absolute atomic E-state index is 14.4. The fourth-order valence-corrected chi connectivity index (χ4v) is 8.71. The van der Waals surface area contributed by atoms with Crippen molar-refractivity contribution >= 4 is 41.0 Å². The van der Waals surface area contributed by atoms with E-state index in [1.165, 1.54) is 0 Å². The number of ketones is 3. The number of carbonyl (C=O) groups excluding carboxylic acids is 7.